The number of nitrogens with two attached hydrogens (primary N) is 1. The van der Waals surface area contributed by atoms with E-state index in [0.29, 0.717) is 17.9 Å². The SMILES string of the molecule is COc1ccc(Cc2ncncn2)cc1N. The third kappa shape index (κ3) is 2.25. The maximum atomic E-state index is 5.81. The fraction of sp³-hybridized carbons (Fsp3) is 0.182. The van der Waals surface area contributed by atoms with E-state index in [1.165, 1.54) is 12.7 Å². The molecule has 2 aromatic rings. The highest BCUT2D eigenvalue weighted by atomic mass is 16.5. The molecular formula is C11H12N4O. The average Bonchev–Trinajstić information content (AvgIpc) is 2.31. The lowest BCUT2D eigenvalue weighted by Gasteiger charge is -2.06. The fourth-order valence-electron chi connectivity index (χ4n) is 1.43. The normalized spacial score (nSPS) is 10.1. The number of anilines is 1. The van der Waals surface area contributed by atoms with Crippen LogP contribution in [-0.4, -0.2) is 22.1 Å². The Bertz CT molecular complexity index is 473. The molecule has 0 saturated carbocycles. The van der Waals surface area contributed by atoms with Gasteiger partial charge in [0.25, 0.3) is 0 Å². The van der Waals surface area contributed by atoms with Gasteiger partial charge in [-0.25, -0.2) is 15.0 Å². The summed E-state index contributed by atoms with van der Waals surface area (Å²) in [5, 5.41) is 0. The zero-order valence-electron chi connectivity index (χ0n) is 8.92. The Morgan fingerprint density at radius 2 is 2.00 bits per heavy atom. The molecule has 16 heavy (non-hydrogen) atoms. The van der Waals surface area contributed by atoms with Crippen LogP contribution in [0, 0.1) is 0 Å². The molecule has 82 valence electrons. The summed E-state index contributed by atoms with van der Waals surface area (Å²) in [6.45, 7) is 0. The molecule has 1 heterocycles. The Labute approximate surface area is 93.3 Å². The number of aromatic nitrogens is 3. The van der Waals surface area contributed by atoms with Crippen LogP contribution >= 0.6 is 0 Å². The first-order valence-corrected chi connectivity index (χ1v) is 4.83. The molecule has 2 rings (SSSR count). The van der Waals surface area contributed by atoms with E-state index in [4.69, 9.17) is 10.5 Å². The van der Waals surface area contributed by atoms with Crippen LogP contribution in [0.15, 0.2) is 30.9 Å². The maximum Gasteiger partial charge on any atom is 0.141 e. The molecule has 0 radical (unpaired) electrons. The number of hydrogen-bond donors (Lipinski definition) is 1. The second kappa shape index (κ2) is 4.57. The van der Waals surface area contributed by atoms with Crippen LogP contribution < -0.4 is 10.5 Å². The summed E-state index contributed by atoms with van der Waals surface area (Å²) in [7, 11) is 1.59. The van der Waals surface area contributed by atoms with Crippen molar-refractivity contribution in [2.24, 2.45) is 0 Å². The molecule has 0 amide bonds. The van der Waals surface area contributed by atoms with Crippen molar-refractivity contribution >= 4 is 5.69 Å². The van der Waals surface area contributed by atoms with Crippen molar-refractivity contribution in [1.82, 2.24) is 15.0 Å². The third-order valence-electron chi connectivity index (χ3n) is 2.20. The number of hydrogen-bond acceptors (Lipinski definition) is 5. The molecule has 0 atom stereocenters. The van der Waals surface area contributed by atoms with Gasteiger partial charge >= 0.3 is 0 Å². The summed E-state index contributed by atoms with van der Waals surface area (Å²) in [6.07, 6.45) is 3.60. The highest BCUT2D eigenvalue weighted by Crippen LogP contribution is 2.22. The van der Waals surface area contributed by atoms with E-state index < -0.39 is 0 Å². The van der Waals surface area contributed by atoms with Crippen molar-refractivity contribution in [3.63, 3.8) is 0 Å². The quantitative estimate of drug-likeness (QED) is 0.776. The van der Waals surface area contributed by atoms with Crippen molar-refractivity contribution in [3.05, 3.63) is 42.2 Å². The van der Waals surface area contributed by atoms with E-state index in [0.717, 1.165) is 11.4 Å². The molecule has 0 saturated heterocycles. The Hall–Kier alpha value is -2.17. The van der Waals surface area contributed by atoms with E-state index in [2.05, 4.69) is 15.0 Å². The van der Waals surface area contributed by atoms with E-state index >= 15 is 0 Å². The molecule has 5 heteroatoms. The highest BCUT2D eigenvalue weighted by Gasteiger charge is 2.02. The van der Waals surface area contributed by atoms with Gasteiger partial charge in [-0.05, 0) is 17.7 Å². The Balaban J connectivity index is 2.20. The molecule has 0 aliphatic carbocycles. The zero-order chi connectivity index (χ0) is 11.4. The first-order chi connectivity index (χ1) is 7.79. The highest BCUT2D eigenvalue weighted by molar-refractivity contribution is 5.54. The third-order valence-corrected chi connectivity index (χ3v) is 2.20. The predicted octanol–water partition coefficient (Wildman–Crippen LogP) is 1.05. The second-order valence-electron chi connectivity index (χ2n) is 3.31. The minimum atomic E-state index is 0.619. The van der Waals surface area contributed by atoms with Crippen molar-refractivity contribution in [2.75, 3.05) is 12.8 Å². The first-order valence-electron chi connectivity index (χ1n) is 4.83. The predicted molar refractivity (Wildman–Crippen MR) is 60.0 cm³/mol. The van der Waals surface area contributed by atoms with Crippen molar-refractivity contribution in [2.45, 2.75) is 6.42 Å². The van der Waals surface area contributed by atoms with Gasteiger partial charge < -0.3 is 10.5 Å². The molecule has 0 bridgehead atoms. The van der Waals surface area contributed by atoms with Gasteiger partial charge in [-0.15, -0.1) is 0 Å². The van der Waals surface area contributed by atoms with Gasteiger partial charge in [-0.1, -0.05) is 6.07 Å². The zero-order valence-corrected chi connectivity index (χ0v) is 8.92. The molecule has 0 fully saturated rings. The van der Waals surface area contributed by atoms with Gasteiger partial charge in [0.15, 0.2) is 0 Å². The van der Waals surface area contributed by atoms with Crippen LogP contribution in [0.5, 0.6) is 5.75 Å². The van der Waals surface area contributed by atoms with Gasteiger partial charge in [0.2, 0.25) is 0 Å². The summed E-state index contributed by atoms with van der Waals surface area (Å²) in [5.41, 5.74) is 7.47. The number of nitrogens with zero attached hydrogens (tertiary/aromatic N) is 3. The van der Waals surface area contributed by atoms with Crippen molar-refractivity contribution < 1.29 is 4.74 Å². The summed E-state index contributed by atoms with van der Waals surface area (Å²) < 4.78 is 5.08. The van der Waals surface area contributed by atoms with Crippen molar-refractivity contribution in [3.8, 4) is 5.75 Å². The molecule has 1 aromatic heterocycles. The Kier molecular flexibility index (Phi) is 2.95. The molecule has 5 nitrogen and oxygen atoms in total. The Morgan fingerprint density at radius 3 is 2.62 bits per heavy atom. The van der Waals surface area contributed by atoms with Crippen LogP contribution in [0.2, 0.25) is 0 Å². The molecule has 2 N–H and O–H groups in total. The lowest BCUT2D eigenvalue weighted by molar-refractivity contribution is 0.417. The van der Waals surface area contributed by atoms with E-state index in [9.17, 15) is 0 Å². The summed E-state index contributed by atoms with van der Waals surface area (Å²) >= 11 is 0. The lowest BCUT2D eigenvalue weighted by Crippen LogP contribution is -1.98. The topological polar surface area (TPSA) is 73.9 Å². The average molecular weight is 216 g/mol. The number of nitrogen functional groups attached to an aromatic ring is 1. The largest absolute Gasteiger partial charge is 0.495 e. The van der Waals surface area contributed by atoms with Gasteiger partial charge in [0, 0.05) is 6.42 Å². The molecule has 0 spiro atoms. The number of benzene rings is 1. The number of rotatable bonds is 3. The first kappa shape index (κ1) is 10.4. The second-order valence-corrected chi connectivity index (χ2v) is 3.31. The van der Waals surface area contributed by atoms with Crippen molar-refractivity contribution in [1.29, 1.82) is 0 Å². The monoisotopic (exact) mass is 216 g/mol. The number of methoxy groups -OCH3 is 1. The van der Waals surface area contributed by atoms with E-state index in [1.807, 2.05) is 18.2 Å². The maximum absolute atomic E-state index is 5.81. The van der Waals surface area contributed by atoms with Gasteiger partial charge in [0.1, 0.15) is 24.2 Å². The van der Waals surface area contributed by atoms with E-state index in [1.54, 1.807) is 7.11 Å². The van der Waals surface area contributed by atoms with Crippen LogP contribution in [0.1, 0.15) is 11.4 Å². The molecule has 1 aromatic carbocycles. The smallest absolute Gasteiger partial charge is 0.141 e. The lowest BCUT2D eigenvalue weighted by atomic mass is 10.1. The summed E-state index contributed by atoms with van der Waals surface area (Å²) in [6, 6.07) is 5.65. The van der Waals surface area contributed by atoms with Gasteiger partial charge in [-0.3, -0.25) is 0 Å². The number of ether oxygens (including phenoxy) is 1. The minimum absolute atomic E-state index is 0.619. The minimum Gasteiger partial charge on any atom is -0.495 e. The van der Waals surface area contributed by atoms with Gasteiger partial charge in [0.05, 0.1) is 12.8 Å². The molecule has 0 aliphatic heterocycles. The standard InChI is InChI=1S/C11H12N4O/c1-16-10-3-2-8(4-9(10)12)5-11-14-6-13-7-15-11/h2-4,6-7H,5,12H2,1H3. The Morgan fingerprint density at radius 1 is 1.25 bits per heavy atom. The fourth-order valence-corrected chi connectivity index (χ4v) is 1.43. The van der Waals surface area contributed by atoms with Crippen LogP contribution in [0.4, 0.5) is 5.69 Å². The summed E-state index contributed by atoms with van der Waals surface area (Å²) in [4.78, 5) is 11.9. The summed E-state index contributed by atoms with van der Waals surface area (Å²) in [5.74, 6) is 1.40. The molecule has 0 unspecified atom stereocenters. The molecular weight excluding hydrogens is 204 g/mol. The van der Waals surface area contributed by atoms with Crippen LogP contribution in [0.3, 0.4) is 0 Å². The molecule has 0 aliphatic rings. The van der Waals surface area contributed by atoms with Crippen LogP contribution in [0.25, 0.3) is 0 Å². The van der Waals surface area contributed by atoms with Crippen LogP contribution in [-0.2, 0) is 6.42 Å². The van der Waals surface area contributed by atoms with Gasteiger partial charge in [-0.2, -0.15) is 0 Å². The van der Waals surface area contributed by atoms with E-state index in [-0.39, 0.29) is 0 Å².